The summed E-state index contributed by atoms with van der Waals surface area (Å²) in [5.41, 5.74) is 13.3. The zero-order chi connectivity index (χ0) is 15.5. The van der Waals surface area contributed by atoms with E-state index in [0.717, 1.165) is 12.8 Å². The van der Waals surface area contributed by atoms with Crippen LogP contribution in [0.25, 0.3) is 11.1 Å². The number of nitrogens with zero attached hydrogens (tertiary/aromatic N) is 2. The number of nitrogen functional groups attached to an aromatic ring is 2. The summed E-state index contributed by atoms with van der Waals surface area (Å²) in [6.07, 6.45) is 7.61. The zero-order valence-corrected chi connectivity index (χ0v) is 13.0. The van der Waals surface area contributed by atoms with Crippen LogP contribution in [0.15, 0.2) is 24.4 Å². The summed E-state index contributed by atoms with van der Waals surface area (Å²) in [7, 11) is 0. The second-order valence-corrected chi connectivity index (χ2v) is 5.98. The highest BCUT2D eigenvalue weighted by atomic mass is 35.5. The van der Waals surface area contributed by atoms with Gasteiger partial charge in [0.05, 0.1) is 5.02 Å². The highest BCUT2D eigenvalue weighted by Crippen LogP contribution is 2.32. The van der Waals surface area contributed by atoms with Crippen molar-refractivity contribution in [3.63, 3.8) is 0 Å². The number of pyridine rings is 2. The molecule has 1 fully saturated rings. The van der Waals surface area contributed by atoms with Gasteiger partial charge >= 0.3 is 0 Å². The van der Waals surface area contributed by atoms with Crippen molar-refractivity contribution >= 4 is 23.2 Å². The Kier molecular flexibility index (Phi) is 4.34. The molecule has 5 nitrogen and oxygen atoms in total. The van der Waals surface area contributed by atoms with Gasteiger partial charge in [-0.15, -0.1) is 0 Å². The molecule has 2 aromatic rings. The SMILES string of the molecule is Nc1ncc(Cl)cc1-c1ccc(OC2CCCCC2)nc1N. The molecule has 6 heteroatoms. The van der Waals surface area contributed by atoms with Gasteiger partial charge < -0.3 is 16.2 Å². The molecule has 22 heavy (non-hydrogen) atoms. The Balaban J connectivity index is 1.84. The number of hydrogen-bond donors (Lipinski definition) is 2. The minimum atomic E-state index is 0.240. The number of halogens is 1. The maximum absolute atomic E-state index is 6.06. The molecule has 0 amide bonds. The minimum Gasteiger partial charge on any atom is -0.474 e. The quantitative estimate of drug-likeness (QED) is 0.901. The smallest absolute Gasteiger partial charge is 0.215 e. The molecule has 2 heterocycles. The molecule has 0 atom stereocenters. The highest BCUT2D eigenvalue weighted by molar-refractivity contribution is 6.30. The molecular formula is C16H19ClN4O. The van der Waals surface area contributed by atoms with Gasteiger partial charge in [0.2, 0.25) is 5.88 Å². The van der Waals surface area contributed by atoms with Crippen LogP contribution in [-0.4, -0.2) is 16.1 Å². The first-order valence-electron chi connectivity index (χ1n) is 7.48. The molecule has 0 saturated heterocycles. The monoisotopic (exact) mass is 318 g/mol. The largest absolute Gasteiger partial charge is 0.474 e. The van der Waals surface area contributed by atoms with Gasteiger partial charge in [0.15, 0.2) is 0 Å². The maximum Gasteiger partial charge on any atom is 0.215 e. The van der Waals surface area contributed by atoms with Crippen molar-refractivity contribution < 1.29 is 4.74 Å². The van der Waals surface area contributed by atoms with Gasteiger partial charge in [0.1, 0.15) is 17.7 Å². The Hall–Kier alpha value is -2.01. The Labute approximate surface area is 134 Å². The molecular weight excluding hydrogens is 300 g/mol. The molecule has 1 saturated carbocycles. The van der Waals surface area contributed by atoms with Crippen molar-refractivity contribution in [1.82, 2.24) is 9.97 Å². The predicted octanol–water partition coefficient (Wildman–Crippen LogP) is 3.67. The topological polar surface area (TPSA) is 87.0 Å². The van der Waals surface area contributed by atoms with E-state index in [4.69, 9.17) is 27.8 Å². The molecule has 0 radical (unpaired) electrons. The first kappa shape index (κ1) is 14.9. The number of hydrogen-bond acceptors (Lipinski definition) is 5. The van der Waals surface area contributed by atoms with E-state index in [1.54, 1.807) is 6.07 Å². The zero-order valence-electron chi connectivity index (χ0n) is 12.3. The predicted molar refractivity (Wildman–Crippen MR) is 88.8 cm³/mol. The molecule has 0 unspecified atom stereocenters. The Bertz CT molecular complexity index is 671. The summed E-state index contributed by atoms with van der Waals surface area (Å²) >= 11 is 5.98. The van der Waals surface area contributed by atoms with Crippen LogP contribution in [0.3, 0.4) is 0 Å². The Morgan fingerprint density at radius 2 is 1.82 bits per heavy atom. The molecule has 0 spiro atoms. The third kappa shape index (κ3) is 3.25. The van der Waals surface area contributed by atoms with Crippen molar-refractivity contribution in [3.8, 4) is 17.0 Å². The number of nitrogens with two attached hydrogens (primary N) is 2. The molecule has 1 aliphatic rings. The van der Waals surface area contributed by atoms with E-state index in [1.807, 2.05) is 12.1 Å². The van der Waals surface area contributed by atoms with Crippen molar-refractivity contribution in [3.05, 3.63) is 29.4 Å². The van der Waals surface area contributed by atoms with E-state index >= 15 is 0 Å². The van der Waals surface area contributed by atoms with Crippen molar-refractivity contribution in [2.75, 3.05) is 11.5 Å². The van der Waals surface area contributed by atoms with E-state index < -0.39 is 0 Å². The van der Waals surface area contributed by atoms with Gasteiger partial charge in [0, 0.05) is 23.4 Å². The van der Waals surface area contributed by atoms with Gasteiger partial charge in [-0.1, -0.05) is 18.0 Å². The first-order chi connectivity index (χ1) is 10.6. The lowest BCUT2D eigenvalue weighted by atomic mass is 9.98. The number of ether oxygens (including phenoxy) is 1. The number of anilines is 2. The molecule has 2 aromatic heterocycles. The van der Waals surface area contributed by atoms with E-state index in [1.165, 1.54) is 25.5 Å². The van der Waals surface area contributed by atoms with Gasteiger partial charge in [-0.3, -0.25) is 0 Å². The van der Waals surface area contributed by atoms with E-state index in [-0.39, 0.29) is 6.10 Å². The summed E-state index contributed by atoms with van der Waals surface area (Å²) in [6.45, 7) is 0. The van der Waals surface area contributed by atoms with E-state index in [2.05, 4.69) is 9.97 Å². The fourth-order valence-electron chi connectivity index (χ4n) is 2.77. The van der Waals surface area contributed by atoms with Crippen LogP contribution in [0.1, 0.15) is 32.1 Å². The highest BCUT2D eigenvalue weighted by Gasteiger charge is 2.16. The summed E-state index contributed by atoms with van der Waals surface area (Å²) in [4.78, 5) is 8.39. The van der Waals surface area contributed by atoms with Crippen LogP contribution < -0.4 is 16.2 Å². The molecule has 1 aliphatic carbocycles. The Morgan fingerprint density at radius 1 is 1.05 bits per heavy atom. The summed E-state index contributed by atoms with van der Waals surface area (Å²) in [5.74, 6) is 1.30. The Morgan fingerprint density at radius 3 is 2.55 bits per heavy atom. The third-order valence-corrected chi connectivity index (χ3v) is 4.12. The minimum absolute atomic E-state index is 0.240. The second kappa shape index (κ2) is 6.40. The fraction of sp³-hybridized carbons (Fsp3) is 0.375. The third-order valence-electron chi connectivity index (χ3n) is 3.91. The standard InChI is InChI=1S/C16H19ClN4O/c17-10-8-13(15(18)20-9-10)12-6-7-14(21-16(12)19)22-11-4-2-1-3-5-11/h6-9,11H,1-5H2,(H2,18,20)(H2,19,21). The molecule has 0 aromatic carbocycles. The van der Waals surface area contributed by atoms with Crippen LogP contribution in [0.5, 0.6) is 5.88 Å². The first-order valence-corrected chi connectivity index (χ1v) is 7.86. The summed E-state index contributed by atoms with van der Waals surface area (Å²) in [6, 6.07) is 5.41. The molecule has 0 bridgehead atoms. The van der Waals surface area contributed by atoms with Crippen LogP contribution in [0.2, 0.25) is 5.02 Å². The van der Waals surface area contributed by atoms with Crippen LogP contribution >= 0.6 is 11.6 Å². The lowest BCUT2D eigenvalue weighted by molar-refractivity contribution is 0.149. The van der Waals surface area contributed by atoms with Gasteiger partial charge in [-0.2, -0.15) is 4.98 Å². The van der Waals surface area contributed by atoms with Crippen LogP contribution in [-0.2, 0) is 0 Å². The fourth-order valence-corrected chi connectivity index (χ4v) is 2.93. The lowest BCUT2D eigenvalue weighted by Crippen LogP contribution is -2.20. The van der Waals surface area contributed by atoms with E-state index in [0.29, 0.717) is 33.7 Å². The average molecular weight is 319 g/mol. The molecule has 4 N–H and O–H groups in total. The van der Waals surface area contributed by atoms with Gasteiger partial charge in [-0.25, -0.2) is 4.98 Å². The maximum atomic E-state index is 6.06. The van der Waals surface area contributed by atoms with Crippen molar-refractivity contribution in [2.45, 2.75) is 38.2 Å². The number of rotatable bonds is 3. The van der Waals surface area contributed by atoms with E-state index in [9.17, 15) is 0 Å². The summed E-state index contributed by atoms with van der Waals surface area (Å²) < 4.78 is 5.92. The summed E-state index contributed by atoms with van der Waals surface area (Å²) in [5, 5.41) is 0.506. The van der Waals surface area contributed by atoms with Gasteiger partial charge in [-0.05, 0) is 37.8 Å². The molecule has 0 aliphatic heterocycles. The van der Waals surface area contributed by atoms with Crippen molar-refractivity contribution in [2.24, 2.45) is 0 Å². The molecule has 3 rings (SSSR count). The van der Waals surface area contributed by atoms with Gasteiger partial charge in [0.25, 0.3) is 0 Å². The van der Waals surface area contributed by atoms with Crippen LogP contribution in [0.4, 0.5) is 11.6 Å². The molecule has 116 valence electrons. The average Bonchev–Trinajstić information content (AvgIpc) is 2.51. The normalized spacial score (nSPS) is 15.7. The van der Waals surface area contributed by atoms with Crippen LogP contribution in [0, 0.1) is 0 Å². The lowest BCUT2D eigenvalue weighted by Gasteiger charge is -2.22. The number of aromatic nitrogens is 2. The van der Waals surface area contributed by atoms with Crippen molar-refractivity contribution in [1.29, 1.82) is 0 Å². The second-order valence-electron chi connectivity index (χ2n) is 5.55.